The van der Waals surface area contributed by atoms with Crippen molar-refractivity contribution in [3.05, 3.63) is 29.3 Å². The first kappa shape index (κ1) is 20.9. The minimum absolute atomic E-state index is 0.0156. The third-order valence-corrected chi connectivity index (χ3v) is 4.58. The number of anilines is 1. The molecule has 1 heterocycles. The minimum atomic E-state index is -0.658. The molecule has 0 bridgehead atoms. The molecule has 1 saturated heterocycles. The summed E-state index contributed by atoms with van der Waals surface area (Å²) in [6.45, 7) is 7.44. The number of carbonyl (C=O) groups is 3. The van der Waals surface area contributed by atoms with Crippen molar-refractivity contribution >= 4 is 23.4 Å². The average molecular weight is 376 g/mol. The number of benzene rings is 1. The maximum Gasteiger partial charge on any atom is 0.254 e. The Morgan fingerprint density at radius 3 is 2.52 bits per heavy atom. The molecule has 0 aromatic heterocycles. The molecule has 2 rings (SSSR count). The highest BCUT2D eigenvalue weighted by Crippen LogP contribution is 2.21. The van der Waals surface area contributed by atoms with Crippen molar-refractivity contribution in [2.24, 2.45) is 11.7 Å². The number of carbonyl (C=O) groups excluding carboxylic acids is 3. The SMILES string of the molecule is Cc1c(NC(=O)CNC(=O)[C@@H](N)C(C)C)cccc1C(=O)N1CCOCC1. The zero-order valence-corrected chi connectivity index (χ0v) is 16.1. The molecule has 1 aliphatic heterocycles. The van der Waals surface area contributed by atoms with Gasteiger partial charge in [0.05, 0.1) is 25.8 Å². The average Bonchev–Trinajstić information content (AvgIpc) is 2.67. The van der Waals surface area contributed by atoms with Crippen LogP contribution in [0.25, 0.3) is 0 Å². The van der Waals surface area contributed by atoms with Crippen molar-refractivity contribution < 1.29 is 19.1 Å². The van der Waals surface area contributed by atoms with Crippen LogP contribution in [0.5, 0.6) is 0 Å². The third-order valence-electron chi connectivity index (χ3n) is 4.58. The zero-order valence-electron chi connectivity index (χ0n) is 16.1. The smallest absolute Gasteiger partial charge is 0.254 e. The van der Waals surface area contributed by atoms with Gasteiger partial charge < -0.3 is 26.0 Å². The molecule has 0 unspecified atom stereocenters. The van der Waals surface area contributed by atoms with Gasteiger partial charge in [-0.1, -0.05) is 19.9 Å². The van der Waals surface area contributed by atoms with Crippen molar-refractivity contribution in [1.82, 2.24) is 10.2 Å². The van der Waals surface area contributed by atoms with E-state index in [0.29, 0.717) is 43.1 Å². The van der Waals surface area contributed by atoms with E-state index in [9.17, 15) is 14.4 Å². The summed E-state index contributed by atoms with van der Waals surface area (Å²) in [6, 6.07) is 4.54. The standard InChI is InChI=1S/C19H28N4O4/c1-12(2)17(20)18(25)21-11-16(24)22-15-6-4-5-14(13(15)3)19(26)23-7-9-27-10-8-23/h4-6,12,17H,7-11,20H2,1-3H3,(H,21,25)(H,22,24)/t17-/m0/s1. The quantitative estimate of drug-likeness (QED) is 0.669. The molecule has 4 N–H and O–H groups in total. The number of hydrogen-bond acceptors (Lipinski definition) is 5. The van der Waals surface area contributed by atoms with Gasteiger partial charge in [-0.15, -0.1) is 0 Å². The zero-order chi connectivity index (χ0) is 20.0. The predicted molar refractivity (Wildman–Crippen MR) is 102 cm³/mol. The van der Waals surface area contributed by atoms with Crippen LogP contribution in [-0.2, 0) is 14.3 Å². The van der Waals surface area contributed by atoms with Crippen LogP contribution >= 0.6 is 0 Å². The lowest BCUT2D eigenvalue weighted by molar-refractivity contribution is -0.125. The first-order valence-electron chi connectivity index (χ1n) is 9.11. The molecule has 1 aliphatic rings. The minimum Gasteiger partial charge on any atom is -0.378 e. The molecule has 8 nitrogen and oxygen atoms in total. The van der Waals surface area contributed by atoms with E-state index in [1.54, 1.807) is 30.0 Å². The van der Waals surface area contributed by atoms with E-state index in [-0.39, 0.29) is 30.2 Å². The molecule has 1 aromatic carbocycles. The van der Waals surface area contributed by atoms with Gasteiger partial charge in [-0.3, -0.25) is 14.4 Å². The molecule has 0 saturated carbocycles. The fraction of sp³-hybridized carbons (Fsp3) is 0.526. The Hall–Kier alpha value is -2.45. The van der Waals surface area contributed by atoms with Crippen molar-refractivity contribution in [1.29, 1.82) is 0 Å². The van der Waals surface area contributed by atoms with E-state index in [4.69, 9.17) is 10.5 Å². The summed E-state index contributed by atoms with van der Waals surface area (Å²) in [5, 5.41) is 5.27. The van der Waals surface area contributed by atoms with Crippen molar-refractivity contribution in [3.8, 4) is 0 Å². The maximum atomic E-state index is 12.7. The van der Waals surface area contributed by atoms with Crippen molar-refractivity contribution in [2.45, 2.75) is 26.8 Å². The molecule has 8 heteroatoms. The number of hydrogen-bond donors (Lipinski definition) is 3. The molecule has 1 aromatic rings. The molecule has 1 fully saturated rings. The van der Waals surface area contributed by atoms with Gasteiger partial charge in [0.25, 0.3) is 5.91 Å². The van der Waals surface area contributed by atoms with Gasteiger partial charge in [-0.25, -0.2) is 0 Å². The van der Waals surface area contributed by atoms with Crippen LogP contribution in [0.3, 0.4) is 0 Å². The largest absolute Gasteiger partial charge is 0.378 e. The topological polar surface area (TPSA) is 114 Å². The summed E-state index contributed by atoms with van der Waals surface area (Å²) in [6.07, 6.45) is 0. The van der Waals surface area contributed by atoms with Crippen molar-refractivity contribution in [3.63, 3.8) is 0 Å². The lowest BCUT2D eigenvalue weighted by Crippen LogP contribution is -2.46. The van der Waals surface area contributed by atoms with Gasteiger partial charge in [0.2, 0.25) is 11.8 Å². The van der Waals surface area contributed by atoms with E-state index in [0.717, 1.165) is 0 Å². The Labute approximate surface area is 159 Å². The predicted octanol–water partition coefficient (Wildman–Crippen LogP) is 0.505. The van der Waals surface area contributed by atoms with Crippen LogP contribution in [0.15, 0.2) is 18.2 Å². The molecule has 27 heavy (non-hydrogen) atoms. The van der Waals surface area contributed by atoms with Crippen molar-refractivity contribution in [2.75, 3.05) is 38.2 Å². The van der Waals surface area contributed by atoms with Gasteiger partial charge in [0, 0.05) is 24.3 Å². The second-order valence-corrected chi connectivity index (χ2v) is 6.92. The Morgan fingerprint density at radius 1 is 1.22 bits per heavy atom. The number of rotatable bonds is 6. The Kier molecular flexibility index (Phi) is 7.32. The molecular weight excluding hydrogens is 348 g/mol. The molecule has 1 atom stereocenters. The van der Waals surface area contributed by atoms with Crippen LogP contribution in [0.2, 0.25) is 0 Å². The summed E-state index contributed by atoms with van der Waals surface area (Å²) in [7, 11) is 0. The lowest BCUT2D eigenvalue weighted by Gasteiger charge is -2.27. The monoisotopic (exact) mass is 376 g/mol. The van der Waals surface area contributed by atoms with Crippen LogP contribution in [0.4, 0.5) is 5.69 Å². The van der Waals surface area contributed by atoms with E-state index in [2.05, 4.69) is 10.6 Å². The van der Waals surface area contributed by atoms with Crippen LogP contribution in [0.1, 0.15) is 29.8 Å². The summed E-state index contributed by atoms with van der Waals surface area (Å²) in [5.41, 5.74) is 7.52. The van der Waals surface area contributed by atoms with Gasteiger partial charge in [-0.2, -0.15) is 0 Å². The van der Waals surface area contributed by atoms with Gasteiger partial charge in [-0.05, 0) is 30.5 Å². The fourth-order valence-electron chi connectivity index (χ4n) is 2.72. The highest BCUT2D eigenvalue weighted by molar-refractivity contribution is 6.00. The summed E-state index contributed by atoms with van der Waals surface area (Å²) < 4.78 is 5.28. The first-order valence-corrected chi connectivity index (χ1v) is 9.11. The highest BCUT2D eigenvalue weighted by Gasteiger charge is 2.22. The molecule has 0 spiro atoms. The molecule has 3 amide bonds. The molecule has 0 aliphatic carbocycles. The summed E-state index contributed by atoms with van der Waals surface area (Å²) in [4.78, 5) is 38.5. The van der Waals surface area contributed by atoms with Crippen LogP contribution < -0.4 is 16.4 Å². The Morgan fingerprint density at radius 2 is 1.89 bits per heavy atom. The number of nitrogens with zero attached hydrogens (tertiary/aromatic N) is 1. The Balaban J connectivity index is 1.99. The molecule has 148 valence electrons. The third kappa shape index (κ3) is 5.51. The normalized spacial score (nSPS) is 15.4. The number of nitrogens with one attached hydrogen (secondary N) is 2. The highest BCUT2D eigenvalue weighted by atomic mass is 16.5. The van der Waals surface area contributed by atoms with Gasteiger partial charge in [0.1, 0.15) is 0 Å². The molecular formula is C19H28N4O4. The maximum absolute atomic E-state index is 12.7. The second kappa shape index (κ2) is 9.48. The van der Waals surface area contributed by atoms with E-state index >= 15 is 0 Å². The molecule has 0 radical (unpaired) electrons. The lowest BCUT2D eigenvalue weighted by atomic mass is 10.0. The van der Waals surface area contributed by atoms with E-state index < -0.39 is 6.04 Å². The van der Waals surface area contributed by atoms with Crippen LogP contribution in [0, 0.1) is 12.8 Å². The summed E-state index contributed by atoms with van der Waals surface area (Å²) in [5.74, 6) is -0.840. The number of amides is 3. The van der Waals surface area contributed by atoms with Crippen LogP contribution in [-0.4, -0.2) is 61.5 Å². The van der Waals surface area contributed by atoms with Gasteiger partial charge in [0.15, 0.2) is 0 Å². The number of nitrogens with two attached hydrogens (primary N) is 1. The first-order chi connectivity index (χ1) is 12.8. The second-order valence-electron chi connectivity index (χ2n) is 6.92. The van der Waals surface area contributed by atoms with E-state index in [1.807, 2.05) is 13.8 Å². The number of ether oxygens (including phenoxy) is 1. The number of morpholine rings is 1. The fourth-order valence-corrected chi connectivity index (χ4v) is 2.72. The Bertz CT molecular complexity index is 699. The van der Waals surface area contributed by atoms with E-state index in [1.165, 1.54) is 0 Å². The van der Waals surface area contributed by atoms with Gasteiger partial charge >= 0.3 is 0 Å². The summed E-state index contributed by atoms with van der Waals surface area (Å²) >= 11 is 0.